The minimum Gasteiger partial charge on any atom is -0.508 e. The number of ketones is 2. The molecule has 1 aromatic rings. The van der Waals surface area contributed by atoms with Crippen LogP contribution in [0.1, 0.15) is 37.8 Å². The number of aliphatic hydroxyl groups is 5. The standard InChI is InChI=1S/C22H24N2O9.C4H11N.ClH.HI/c1-21(32)7-5-4-6-8(25)9(7)15(26)10-12(21)17(28)13-14(24(2)3)16(27)11(20(23)31)19(30)22(13,33)18(10)29;1-2-3-4-5;;/h4-6,12-14,17,25-26,28,30,32-33H,1-3H3,(H2,23,31);2-5H2,1H3;2*1H/t12-,13-,14+,17+,21-,22+;;;/m1.../s1. The number of Topliss-reactive ketones (excluding diaryl/α,β-unsaturated/α-hetero) is 2. The number of nitrogens with two attached hydrogens (primary N) is 2. The van der Waals surface area contributed by atoms with Crippen LogP contribution in [0.4, 0.5) is 0 Å². The average Bonchev–Trinajstić information content (AvgIpc) is 2.82. The zero-order valence-corrected chi connectivity index (χ0v) is 25.6. The Labute approximate surface area is 254 Å². The Hall–Kier alpha value is -2.27. The van der Waals surface area contributed by atoms with Crippen molar-refractivity contribution in [3.63, 3.8) is 0 Å². The number of rotatable bonds is 4. The van der Waals surface area contributed by atoms with Crippen molar-refractivity contribution in [1.29, 1.82) is 0 Å². The van der Waals surface area contributed by atoms with E-state index in [1.54, 1.807) is 0 Å². The van der Waals surface area contributed by atoms with E-state index in [9.17, 15) is 45.0 Å². The predicted octanol–water partition coefficient (Wildman–Crippen LogP) is 0.385. The lowest BCUT2D eigenvalue weighted by molar-refractivity contribution is -0.181. The number of hydrogen-bond donors (Lipinski definition) is 8. The van der Waals surface area contributed by atoms with Gasteiger partial charge in [-0.25, -0.2) is 0 Å². The first-order valence-corrected chi connectivity index (χ1v) is 12.2. The number of likely N-dealkylation sites (N-methyl/N-ethyl adjacent to an activating group) is 1. The second kappa shape index (κ2) is 12.7. The lowest BCUT2D eigenvalue weighted by Gasteiger charge is -2.55. The van der Waals surface area contributed by atoms with Gasteiger partial charge in [0.25, 0.3) is 5.91 Å². The third kappa shape index (κ3) is 5.12. The summed E-state index contributed by atoms with van der Waals surface area (Å²) < 4.78 is 0. The van der Waals surface area contributed by atoms with Crippen LogP contribution < -0.4 is 11.5 Å². The highest BCUT2D eigenvalue weighted by molar-refractivity contribution is 14.0. The number of carbonyl (C=O) groups excluding carboxylic acids is 3. The monoisotopic (exact) mass is 697 g/mol. The number of unbranched alkanes of at least 4 members (excludes halogenated alkanes) is 1. The SMILES string of the molecule is CCCCN.CN(C)[C@@H]1C(=O)C(C(N)=O)=C(O)[C@@]2(O)C(=O)C3=C(O)c4c(O)cccc4[C@@](C)(O)[C@H]3[C@H](O)[C@@H]12.Cl.I. The third-order valence-electron chi connectivity index (χ3n) is 7.59. The highest BCUT2D eigenvalue weighted by Crippen LogP contribution is 2.57. The minimum absolute atomic E-state index is 0. The van der Waals surface area contributed by atoms with Crippen molar-refractivity contribution in [3.8, 4) is 5.75 Å². The lowest BCUT2D eigenvalue weighted by atomic mass is 9.53. The molecule has 1 amide bonds. The van der Waals surface area contributed by atoms with Crippen LogP contribution in [0.2, 0.25) is 0 Å². The second-order valence-corrected chi connectivity index (χ2v) is 10.2. The van der Waals surface area contributed by atoms with Gasteiger partial charge in [-0.2, -0.15) is 0 Å². The van der Waals surface area contributed by atoms with Gasteiger partial charge in [0.15, 0.2) is 11.4 Å². The molecule has 0 spiro atoms. The van der Waals surface area contributed by atoms with Crippen molar-refractivity contribution < 1.29 is 45.0 Å². The molecule has 0 saturated heterocycles. The van der Waals surface area contributed by atoms with E-state index in [1.807, 2.05) is 0 Å². The van der Waals surface area contributed by atoms with Crippen LogP contribution in [0, 0.1) is 11.8 Å². The van der Waals surface area contributed by atoms with Gasteiger partial charge in [-0.05, 0) is 45.6 Å². The number of phenols is 1. The Balaban J connectivity index is 0.00000105. The van der Waals surface area contributed by atoms with E-state index in [0.29, 0.717) is 0 Å². The first-order chi connectivity index (χ1) is 17.6. The molecule has 224 valence electrons. The van der Waals surface area contributed by atoms with E-state index >= 15 is 0 Å². The molecule has 40 heavy (non-hydrogen) atoms. The first-order valence-electron chi connectivity index (χ1n) is 12.2. The fourth-order valence-electron chi connectivity index (χ4n) is 5.80. The molecule has 12 nitrogen and oxygen atoms in total. The molecule has 14 heteroatoms. The Bertz CT molecular complexity index is 1250. The number of phenolic OH excluding ortho intramolecular Hbond substituents is 1. The topological polar surface area (TPSA) is 228 Å². The average molecular weight is 698 g/mol. The van der Waals surface area contributed by atoms with Gasteiger partial charge in [0.2, 0.25) is 5.78 Å². The molecule has 6 atom stereocenters. The predicted molar refractivity (Wildman–Crippen MR) is 158 cm³/mol. The van der Waals surface area contributed by atoms with Crippen LogP contribution in [-0.2, 0) is 20.0 Å². The highest BCUT2D eigenvalue weighted by Gasteiger charge is 2.70. The zero-order chi connectivity index (χ0) is 28.9. The van der Waals surface area contributed by atoms with Gasteiger partial charge in [0, 0.05) is 0 Å². The normalized spacial score (nSPS) is 30.7. The van der Waals surface area contributed by atoms with E-state index in [1.165, 1.54) is 57.0 Å². The Morgan fingerprint density at radius 1 is 1.12 bits per heavy atom. The van der Waals surface area contributed by atoms with Gasteiger partial charge >= 0.3 is 0 Å². The number of aromatic hydroxyl groups is 1. The number of benzene rings is 1. The van der Waals surface area contributed by atoms with Crippen LogP contribution in [0.5, 0.6) is 5.75 Å². The second-order valence-electron chi connectivity index (χ2n) is 10.2. The summed E-state index contributed by atoms with van der Waals surface area (Å²) in [4.78, 5) is 39.9. The fourth-order valence-corrected chi connectivity index (χ4v) is 5.80. The molecule has 0 aliphatic heterocycles. The van der Waals surface area contributed by atoms with Crippen LogP contribution in [0.15, 0.2) is 35.1 Å². The molecule has 0 unspecified atom stereocenters. The van der Waals surface area contributed by atoms with Crippen molar-refractivity contribution in [1.82, 2.24) is 4.90 Å². The van der Waals surface area contributed by atoms with Gasteiger partial charge in [-0.1, -0.05) is 25.5 Å². The molecule has 0 radical (unpaired) electrons. The van der Waals surface area contributed by atoms with Crippen LogP contribution in [0.25, 0.3) is 5.76 Å². The molecule has 3 aliphatic carbocycles. The number of fused-ring (bicyclic) bond motifs is 3. The number of carbonyl (C=O) groups is 3. The molecule has 10 N–H and O–H groups in total. The van der Waals surface area contributed by atoms with Crippen molar-refractivity contribution >= 4 is 59.6 Å². The first kappa shape index (κ1) is 35.8. The molecule has 0 bridgehead atoms. The highest BCUT2D eigenvalue weighted by atomic mass is 127. The van der Waals surface area contributed by atoms with E-state index in [0.717, 1.165) is 6.54 Å². The number of primary amides is 1. The van der Waals surface area contributed by atoms with Crippen molar-refractivity contribution in [2.24, 2.45) is 23.3 Å². The summed E-state index contributed by atoms with van der Waals surface area (Å²) in [5.41, 5.74) is 3.36. The maximum Gasteiger partial charge on any atom is 0.255 e. The fraction of sp³-hybridized carbons (Fsp3) is 0.500. The maximum atomic E-state index is 13.7. The Kier molecular flexibility index (Phi) is 11.4. The van der Waals surface area contributed by atoms with Crippen LogP contribution in [0.3, 0.4) is 0 Å². The zero-order valence-electron chi connectivity index (χ0n) is 22.5. The summed E-state index contributed by atoms with van der Waals surface area (Å²) in [6.45, 7) is 4.23. The number of hydrogen-bond acceptors (Lipinski definition) is 11. The van der Waals surface area contributed by atoms with Crippen LogP contribution >= 0.6 is 36.4 Å². The van der Waals surface area contributed by atoms with Crippen LogP contribution in [-0.4, -0.2) is 91.4 Å². The Morgan fingerprint density at radius 3 is 2.15 bits per heavy atom. The Morgan fingerprint density at radius 2 is 1.70 bits per heavy atom. The van der Waals surface area contributed by atoms with E-state index in [-0.39, 0.29) is 47.5 Å². The summed E-state index contributed by atoms with van der Waals surface area (Å²) >= 11 is 0. The molecule has 0 heterocycles. The lowest BCUT2D eigenvalue weighted by Crippen LogP contribution is -2.71. The summed E-state index contributed by atoms with van der Waals surface area (Å²) in [6.07, 6.45) is 0.513. The summed E-state index contributed by atoms with van der Waals surface area (Å²) in [7, 11) is 2.80. The minimum atomic E-state index is -3.02. The van der Waals surface area contributed by atoms with Gasteiger partial charge in [-0.3, -0.25) is 19.3 Å². The number of nitrogens with zero attached hydrogens (tertiary/aromatic N) is 1. The van der Waals surface area contributed by atoms with Gasteiger partial charge in [0.05, 0.1) is 40.7 Å². The third-order valence-corrected chi connectivity index (χ3v) is 7.59. The van der Waals surface area contributed by atoms with Gasteiger partial charge < -0.3 is 42.1 Å². The number of amides is 1. The smallest absolute Gasteiger partial charge is 0.255 e. The number of aliphatic hydroxyl groups excluding tert-OH is 3. The molecule has 1 saturated carbocycles. The van der Waals surface area contributed by atoms with Crippen molar-refractivity contribution in [3.05, 3.63) is 46.2 Å². The van der Waals surface area contributed by atoms with Gasteiger partial charge in [0.1, 0.15) is 22.8 Å². The van der Waals surface area contributed by atoms with E-state index in [4.69, 9.17) is 11.5 Å². The van der Waals surface area contributed by atoms with E-state index in [2.05, 4.69) is 6.92 Å². The van der Waals surface area contributed by atoms with E-state index < -0.39 is 81.1 Å². The van der Waals surface area contributed by atoms with Crippen molar-refractivity contribution in [2.45, 2.75) is 50.0 Å². The molecule has 3 aliphatic rings. The molecular formula is C26H37ClIN3O9. The molecule has 1 fully saturated rings. The maximum absolute atomic E-state index is 13.7. The molecule has 1 aromatic carbocycles. The molecular weight excluding hydrogens is 661 g/mol. The summed E-state index contributed by atoms with van der Waals surface area (Å²) in [5.74, 6) is -9.67. The molecule has 0 aromatic heterocycles. The summed E-state index contributed by atoms with van der Waals surface area (Å²) in [5, 5.41) is 66.3. The molecule has 4 rings (SSSR count). The number of halogens is 2. The van der Waals surface area contributed by atoms with Crippen molar-refractivity contribution in [2.75, 3.05) is 20.6 Å². The van der Waals surface area contributed by atoms with Gasteiger partial charge in [-0.15, -0.1) is 36.4 Å². The quantitative estimate of drug-likeness (QED) is 0.159. The summed E-state index contributed by atoms with van der Waals surface area (Å²) in [6, 6.07) is 2.50. The largest absolute Gasteiger partial charge is 0.508 e.